The molecular formula is C18H27N5O5. The van der Waals surface area contributed by atoms with Crippen LogP contribution >= 0.6 is 0 Å². The Labute approximate surface area is 161 Å². The molecule has 0 radical (unpaired) electrons. The molecule has 28 heavy (non-hydrogen) atoms. The van der Waals surface area contributed by atoms with Crippen LogP contribution in [0, 0.1) is 6.92 Å². The molecular weight excluding hydrogens is 366 g/mol. The van der Waals surface area contributed by atoms with Crippen molar-refractivity contribution in [1.82, 2.24) is 24.5 Å². The van der Waals surface area contributed by atoms with Crippen LogP contribution < -0.4 is 11.2 Å². The summed E-state index contributed by atoms with van der Waals surface area (Å²) in [5.41, 5.74) is -0.137. The van der Waals surface area contributed by atoms with Crippen LogP contribution in [0.15, 0.2) is 22.0 Å². The minimum Gasteiger partial charge on any atom is -0.390 e. The molecule has 0 saturated carbocycles. The van der Waals surface area contributed by atoms with Crippen molar-refractivity contribution in [2.45, 2.75) is 77.0 Å². The molecule has 10 nitrogen and oxygen atoms in total. The summed E-state index contributed by atoms with van der Waals surface area (Å²) in [5.74, 6) is 0. The van der Waals surface area contributed by atoms with E-state index in [1.807, 2.05) is 0 Å². The smallest absolute Gasteiger partial charge is 0.330 e. The summed E-state index contributed by atoms with van der Waals surface area (Å²) in [4.78, 5) is 25.8. The van der Waals surface area contributed by atoms with Crippen LogP contribution in [0.1, 0.15) is 62.6 Å². The Morgan fingerprint density at radius 2 is 2.14 bits per heavy atom. The Hall–Kier alpha value is -2.30. The number of nitrogens with one attached hydrogen (secondary N) is 1. The molecule has 3 N–H and O–H groups in total. The fourth-order valence-corrected chi connectivity index (χ4v) is 3.33. The van der Waals surface area contributed by atoms with Gasteiger partial charge in [0.2, 0.25) is 0 Å². The zero-order chi connectivity index (χ0) is 20.3. The molecule has 0 bridgehead atoms. The summed E-state index contributed by atoms with van der Waals surface area (Å²) in [6.07, 6.45) is 4.26. The Morgan fingerprint density at radius 3 is 2.89 bits per heavy atom. The van der Waals surface area contributed by atoms with Crippen molar-refractivity contribution in [3.63, 3.8) is 0 Å². The van der Waals surface area contributed by atoms with Gasteiger partial charge in [-0.3, -0.25) is 14.3 Å². The lowest BCUT2D eigenvalue weighted by Gasteiger charge is -2.16. The number of hydrogen-bond donors (Lipinski definition) is 3. The number of aryl methyl sites for hydroxylation is 1. The van der Waals surface area contributed by atoms with Crippen LogP contribution in [-0.4, -0.2) is 47.0 Å². The second kappa shape index (κ2) is 8.80. The number of aromatic amines is 1. The number of aromatic nitrogens is 5. The normalized spacial score (nSPS) is 23.2. The molecule has 4 atom stereocenters. The van der Waals surface area contributed by atoms with Crippen LogP contribution in [-0.2, 0) is 11.3 Å². The molecule has 10 heteroatoms. The van der Waals surface area contributed by atoms with Crippen LogP contribution in [0.5, 0.6) is 0 Å². The standard InChI is InChI=1S/C18H27N5O5/c1-3-4-5-6-13(24)12-9-22(21-20-12)10-15-14(25)7-16(28-15)23-8-11(2)17(26)19-18(23)27/h8-9,13-16,24-25H,3-7,10H2,1-2H3,(H,19,26,27)/t13-,14-,15-,16-/m1/s1. The van der Waals surface area contributed by atoms with E-state index < -0.39 is 35.8 Å². The number of unbranched alkanes of at least 4 members (excludes halogenated alkanes) is 2. The van der Waals surface area contributed by atoms with Gasteiger partial charge in [-0.05, 0) is 13.3 Å². The molecule has 1 aliphatic heterocycles. The van der Waals surface area contributed by atoms with E-state index in [4.69, 9.17) is 4.74 Å². The van der Waals surface area contributed by atoms with E-state index >= 15 is 0 Å². The van der Waals surface area contributed by atoms with E-state index in [0.717, 1.165) is 19.3 Å². The van der Waals surface area contributed by atoms with Gasteiger partial charge in [0.25, 0.3) is 5.56 Å². The van der Waals surface area contributed by atoms with Gasteiger partial charge in [0.05, 0.1) is 24.9 Å². The van der Waals surface area contributed by atoms with Gasteiger partial charge in [0, 0.05) is 18.2 Å². The summed E-state index contributed by atoms with van der Waals surface area (Å²) < 4.78 is 8.63. The summed E-state index contributed by atoms with van der Waals surface area (Å²) >= 11 is 0. The minimum absolute atomic E-state index is 0.219. The Bertz CT molecular complexity index is 904. The lowest BCUT2D eigenvalue weighted by Crippen LogP contribution is -2.33. The SMILES string of the molecule is CCCCC[C@@H](O)c1cn(C[C@H]2O[C@@H](n3cc(C)c(=O)[nH]c3=O)C[C@H]2O)nn1. The fraction of sp³-hybridized carbons (Fsp3) is 0.667. The van der Waals surface area contributed by atoms with E-state index in [1.54, 1.807) is 13.1 Å². The summed E-state index contributed by atoms with van der Waals surface area (Å²) in [6.45, 7) is 3.94. The zero-order valence-corrected chi connectivity index (χ0v) is 16.1. The Kier molecular flexibility index (Phi) is 6.42. The fourth-order valence-electron chi connectivity index (χ4n) is 3.33. The first-order valence-corrected chi connectivity index (χ1v) is 9.62. The van der Waals surface area contributed by atoms with Gasteiger partial charge in [-0.1, -0.05) is 31.4 Å². The number of rotatable bonds is 8. The van der Waals surface area contributed by atoms with Gasteiger partial charge in [0.1, 0.15) is 18.0 Å². The molecule has 0 amide bonds. The Morgan fingerprint density at radius 1 is 1.36 bits per heavy atom. The molecule has 0 aromatic carbocycles. The first-order valence-electron chi connectivity index (χ1n) is 9.62. The van der Waals surface area contributed by atoms with E-state index in [1.165, 1.54) is 15.4 Å². The van der Waals surface area contributed by atoms with E-state index in [0.29, 0.717) is 17.7 Å². The highest BCUT2D eigenvalue weighted by molar-refractivity contribution is 5.02. The molecule has 3 heterocycles. The van der Waals surface area contributed by atoms with Gasteiger partial charge >= 0.3 is 5.69 Å². The second-order valence-electron chi connectivity index (χ2n) is 7.29. The number of ether oxygens (including phenoxy) is 1. The van der Waals surface area contributed by atoms with Crippen molar-refractivity contribution in [2.24, 2.45) is 0 Å². The van der Waals surface area contributed by atoms with Crippen molar-refractivity contribution in [3.8, 4) is 0 Å². The predicted molar refractivity (Wildman–Crippen MR) is 99.7 cm³/mol. The number of aliphatic hydroxyl groups excluding tert-OH is 2. The predicted octanol–water partition coefficient (Wildman–Crippen LogP) is 0.399. The highest BCUT2D eigenvalue weighted by Gasteiger charge is 2.36. The highest BCUT2D eigenvalue weighted by Crippen LogP contribution is 2.28. The zero-order valence-electron chi connectivity index (χ0n) is 16.1. The monoisotopic (exact) mass is 393 g/mol. The third-order valence-electron chi connectivity index (χ3n) is 5.01. The number of hydrogen-bond acceptors (Lipinski definition) is 7. The van der Waals surface area contributed by atoms with Gasteiger partial charge in [-0.25, -0.2) is 9.48 Å². The quantitative estimate of drug-likeness (QED) is 0.552. The lowest BCUT2D eigenvalue weighted by atomic mass is 10.1. The maximum atomic E-state index is 12.0. The number of nitrogens with zero attached hydrogens (tertiary/aromatic N) is 4. The van der Waals surface area contributed by atoms with Gasteiger partial charge < -0.3 is 14.9 Å². The van der Waals surface area contributed by atoms with Gasteiger partial charge in [-0.15, -0.1) is 5.10 Å². The summed E-state index contributed by atoms with van der Waals surface area (Å²) in [5, 5.41) is 28.5. The molecule has 1 fully saturated rings. The Balaban J connectivity index is 1.64. The molecule has 3 rings (SSSR count). The molecule has 154 valence electrons. The average Bonchev–Trinajstić information content (AvgIpc) is 3.26. The summed E-state index contributed by atoms with van der Waals surface area (Å²) in [6, 6.07) is 0. The second-order valence-corrected chi connectivity index (χ2v) is 7.29. The number of aliphatic hydroxyl groups is 2. The largest absolute Gasteiger partial charge is 0.390 e. The molecule has 1 aliphatic rings. The van der Waals surface area contributed by atoms with Gasteiger partial charge in [0.15, 0.2) is 0 Å². The highest BCUT2D eigenvalue weighted by atomic mass is 16.5. The third kappa shape index (κ3) is 4.57. The van der Waals surface area contributed by atoms with Crippen molar-refractivity contribution in [2.75, 3.05) is 0 Å². The van der Waals surface area contributed by atoms with Crippen molar-refractivity contribution in [3.05, 3.63) is 44.5 Å². The van der Waals surface area contributed by atoms with Crippen LogP contribution in [0.25, 0.3) is 0 Å². The van der Waals surface area contributed by atoms with E-state index in [2.05, 4.69) is 22.2 Å². The van der Waals surface area contributed by atoms with Crippen molar-refractivity contribution >= 4 is 0 Å². The molecule has 0 aliphatic carbocycles. The van der Waals surface area contributed by atoms with E-state index in [-0.39, 0.29) is 13.0 Å². The maximum absolute atomic E-state index is 12.0. The molecule has 2 aromatic rings. The number of H-pyrrole nitrogens is 1. The average molecular weight is 393 g/mol. The topological polar surface area (TPSA) is 135 Å². The lowest BCUT2D eigenvalue weighted by molar-refractivity contribution is -0.0302. The molecule has 0 spiro atoms. The van der Waals surface area contributed by atoms with Crippen LogP contribution in [0.2, 0.25) is 0 Å². The van der Waals surface area contributed by atoms with Crippen molar-refractivity contribution in [1.29, 1.82) is 0 Å². The first-order chi connectivity index (χ1) is 13.4. The molecule has 2 aromatic heterocycles. The molecule has 0 unspecified atom stereocenters. The maximum Gasteiger partial charge on any atom is 0.330 e. The van der Waals surface area contributed by atoms with Crippen LogP contribution in [0.4, 0.5) is 0 Å². The van der Waals surface area contributed by atoms with Crippen molar-refractivity contribution < 1.29 is 14.9 Å². The van der Waals surface area contributed by atoms with Gasteiger partial charge in [-0.2, -0.15) is 0 Å². The van der Waals surface area contributed by atoms with E-state index in [9.17, 15) is 19.8 Å². The third-order valence-corrected chi connectivity index (χ3v) is 5.01. The minimum atomic E-state index is -0.800. The molecule has 1 saturated heterocycles. The first kappa shape index (κ1) is 20.4. The van der Waals surface area contributed by atoms with Crippen LogP contribution in [0.3, 0.4) is 0 Å². The summed E-state index contributed by atoms with van der Waals surface area (Å²) in [7, 11) is 0.